The Hall–Kier alpha value is -2.51. The van der Waals surface area contributed by atoms with E-state index in [1.807, 2.05) is 37.3 Å². The van der Waals surface area contributed by atoms with Crippen LogP contribution in [0.25, 0.3) is 23.0 Å². The third kappa shape index (κ3) is 2.72. The Bertz CT molecular complexity index is 827. The summed E-state index contributed by atoms with van der Waals surface area (Å²) in [5.74, 6) is 2.29. The molecule has 7 nitrogen and oxygen atoms in total. The third-order valence-electron chi connectivity index (χ3n) is 4.27. The molecule has 3 aromatic rings. The summed E-state index contributed by atoms with van der Waals surface area (Å²) in [7, 11) is 2.07. The fourth-order valence-electron chi connectivity index (χ4n) is 2.86. The lowest BCUT2D eigenvalue weighted by atomic mass is 10.2. The van der Waals surface area contributed by atoms with Gasteiger partial charge in [-0.2, -0.15) is 4.98 Å². The quantitative estimate of drug-likeness (QED) is 0.791. The van der Waals surface area contributed by atoms with Crippen LogP contribution in [0.3, 0.4) is 0 Å². The number of benzene rings is 1. The van der Waals surface area contributed by atoms with E-state index in [4.69, 9.17) is 8.94 Å². The van der Waals surface area contributed by atoms with Crippen LogP contribution in [0.5, 0.6) is 0 Å². The zero-order chi connectivity index (χ0) is 16.5. The molecule has 0 amide bonds. The van der Waals surface area contributed by atoms with E-state index in [1.165, 1.54) is 0 Å². The second-order valence-corrected chi connectivity index (χ2v) is 5.95. The summed E-state index contributed by atoms with van der Waals surface area (Å²) in [5, 5.41) is 7.49. The van der Waals surface area contributed by atoms with Gasteiger partial charge in [0.1, 0.15) is 5.76 Å². The van der Waals surface area contributed by atoms with Crippen molar-refractivity contribution in [2.45, 2.75) is 13.0 Å². The topological polar surface area (TPSA) is 80.2 Å². The van der Waals surface area contributed by atoms with Crippen LogP contribution in [0.2, 0.25) is 0 Å². The molecule has 0 spiro atoms. The first-order chi connectivity index (χ1) is 11.7. The summed E-state index contributed by atoms with van der Waals surface area (Å²) in [4.78, 5) is 11.3. The van der Waals surface area contributed by atoms with E-state index in [0.29, 0.717) is 29.1 Å². The molecule has 3 heterocycles. The van der Waals surface area contributed by atoms with E-state index in [2.05, 4.69) is 32.4 Å². The van der Waals surface area contributed by atoms with Gasteiger partial charge in [-0.05, 0) is 26.1 Å². The largest absolute Gasteiger partial charge is 0.441 e. The van der Waals surface area contributed by atoms with Crippen molar-refractivity contribution < 1.29 is 8.94 Å². The first-order valence-electron chi connectivity index (χ1n) is 8.00. The molecule has 1 saturated heterocycles. The molecule has 124 valence electrons. The molecule has 1 N–H and O–H groups in total. The van der Waals surface area contributed by atoms with Crippen molar-refractivity contribution in [2.24, 2.45) is 0 Å². The maximum absolute atomic E-state index is 5.77. The van der Waals surface area contributed by atoms with Gasteiger partial charge >= 0.3 is 0 Å². The summed E-state index contributed by atoms with van der Waals surface area (Å²) >= 11 is 0. The fraction of sp³-hybridized carbons (Fsp3) is 0.353. The van der Waals surface area contributed by atoms with E-state index in [9.17, 15) is 0 Å². The summed E-state index contributed by atoms with van der Waals surface area (Å²) < 4.78 is 11.2. The average molecular weight is 325 g/mol. The van der Waals surface area contributed by atoms with E-state index in [1.54, 1.807) is 0 Å². The lowest BCUT2D eigenvalue weighted by Crippen LogP contribution is -2.44. The van der Waals surface area contributed by atoms with Crippen molar-refractivity contribution in [1.29, 1.82) is 0 Å². The number of hydrogen-bond donors (Lipinski definition) is 1. The number of aromatic nitrogens is 3. The van der Waals surface area contributed by atoms with Crippen LogP contribution in [0, 0.1) is 6.92 Å². The third-order valence-corrected chi connectivity index (χ3v) is 4.27. The van der Waals surface area contributed by atoms with Gasteiger partial charge in [0.15, 0.2) is 11.5 Å². The highest BCUT2D eigenvalue weighted by atomic mass is 16.5. The number of likely N-dealkylation sites (N-methyl/N-ethyl adjacent to an activating group) is 1. The van der Waals surface area contributed by atoms with Gasteiger partial charge in [-0.3, -0.25) is 4.90 Å². The van der Waals surface area contributed by atoms with E-state index >= 15 is 0 Å². The van der Waals surface area contributed by atoms with Gasteiger partial charge in [-0.1, -0.05) is 23.4 Å². The summed E-state index contributed by atoms with van der Waals surface area (Å²) in [6, 6.07) is 9.88. The number of nitrogens with one attached hydrogen (secondary N) is 1. The summed E-state index contributed by atoms with van der Waals surface area (Å²) in [6.45, 7) is 4.59. The van der Waals surface area contributed by atoms with Crippen molar-refractivity contribution >= 4 is 0 Å². The lowest BCUT2D eigenvalue weighted by molar-refractivity contribution is 0.190. The Morgan fingerprint density at radius 1 is 1.17 bits per heavy atom. The SMILES string of the molecule is Cc1oc(-c2ccccc2)nc1-c1nc(C2CNCCN2C)no1. The minimum atomic E-state index is 0.108. The van der Waals surface area contributed by atoms with Crippen molar-refractivity contribution in [3.63, 3.8) is 0 Å². The van der Waals surface area contributed by atoms with Gasteiger partial charge in [0.25, 0.3) is 5.89 Å². The minimum Gasteiger partial charge on any atom is -0.441 e. The monoisotopic (exact) mass is 325 g/mol. The van der Waals surface area contributed by atoms with Crippen LogP contribution in [-0.2, 0) is 0 Å². The Kier molecular flexibility index (Phi) is 3.87. The molecule has 2 aromatic heterocycles. The first kappa shape index (κ1) is 15.0. The van der Waals surface area contributed by atoms with E-state index < -0.39 is 0 Å². The minimum absolute atomic E-state index is 0.108. The highest BCUT2D eigenvalue weighted by molar-refractivity contribution is 5.59. The van der Waals surface area contributed by atoms with Crippen molar-refractivity contribution in [2.75, 3.05) is 26.7 Å². The molecule has 0 aliphatic carbocycles. The van der Waals surface area contributed by atoms with Crippen LogP contribution < -0.4 is 5.32 Å². The normalized spacial score (nSPS) is 18.8. The maximum atomic E-state index is 5.77. The Morgan fingerprint density at radius 2 is 2.00 bits per heavy atom. The van der Waals surface area contributed by atoms with Gasteiger partial charge in [-0.15, -0.1) is 0 Å². The molecule has 1 aliphatic heterocycles. The molecule has 1 aromatic carbocycles. The molecule has 24 heavy (non-hydrogen) atoms. The number of oxazole rings is 1. The molecule has 7 heteroatoms. The van der Waals surface area contributed by atoms with Crippen LogP contribution in [0.1, 0.15) is 17.6 Å². The second-order valence-electron chi connectivity index (χ2n) is 5.95. The van der Waals surface area contributed by atoms with Gasteiger partial charge in [0.2, 0.25) is 5.89 Å². The Balaban J connectivity index is 1.64. The molecular weight excluding hydrogens is 306 g/mol. The van der Waals surface area contributed by atoms with Crippen LogP contribution in [0.15, 0.2) is 39.3 Å². The molecular formula is C17H19N5O2. The highest BCUT2D eigenvalue weighted by Crippen LogP contribution is 2.28. The number of piperazine rings is 1. The zero-order valence-electron chi connectivity index (χ0n) is 13.7. The van der Waals surface area contributed by atoms with Crippen LogP contribution in [-0.4, -0.2) is 46.7 Å². The average Bonchev–Trinajstić information content (AvgIpc) is 3.23. The molecule has 0 bridgehead atoms. The number of hydrogen-bond acceptors (Lipinski definition) is 7. The molecule has 0 radical (unpaired) electrons. The molecule has 1 unspecified atom stereocenters. The van der Waals surface area contributed by atoms with Gasteiger partial charge in [0, 0.05) is 25.2 Å². The molecule has 0 saturated carbocycles. The maximum Gasteiger partial charge on any atom is 0.280 e. The number of rotatable bonds is 3. The standard InChI is InChI=1S/C17H19N5O2/c1-11-14(19-16(23-11)12-6-4-3-5-7-12)17-20-15(21-24-17)13-10-18-8-9-22(13)2/h3-7,13,18H,8-10H2,1-2H3. The second kappa shape index (κ2) is 6.18. The summed E-state index contributed by atoms with van der Waals surface area (Å²) in [5.41, 5.74) is 1.52. The van der Waals surface area contributed by atoms with Gasteiger partial charge < -0.3 is 14.3 Å². The summed E-state index contributed by atoms with van der Waals surface area (Å²) in [6.07, 6.45) is 0. The zero-order valence-corrected chi connectivity index (χ0v) is 13.7. The predicted molar refractivity (Wildman–Crippen MR) is 88.2 cm³/mol. The fourth-order valence-corrected chi connectivity index (χ4v) is 2.86. The number of nitrogens with zero attached hydrogens (tertiary/aromatic N) is 4. The number of aryl methyl sites for hydroxylation is 1. The molecule has 1 fully saturated rings. The Labute approximate surface area is 139 Å². The van der Waals surface area contributed by atoms with Gasteiger partial charge in [-0.25, -0.2) is 4.98 Å². The molecule has 1 atom stereocenters. The first-order valence-corrected chi connectivity index (χ1v) is 8.00. The van der Waals surface area contributed by atoms with Crippen LogP contribution in [0.4, 0.5) is 0 Å². The van der Waals surface area contributed by atoms with Crippen molar-refractivity contribution in [1.82, 2.24) is 25.3 Å². The van der Waals surface area contributed by atoms with E-state index in [-0.39, 0.29) is 6.04 Å². The lowest BCUT2D eigenvalue weighted by Gasteiger charge is -2.30. The van der Waals surface area contributed by atoms with Gasteiger partial charge in [0.05, 0.1) is 6.04 Å². The smallest absolute Gasteiger partial charge is 0.280 e. The van der Waals surface area contributed by atoms with Crippen LogP contribution >= 0.6 is 0 Å². The predicted octanol–water partition coefficient (Wildman–Crippen LogP) is 2.28. The molecule has 1 aliphatic rings. The van der Waals surface area contributed by atoms with E-state index in [0.717, 1.165) is 25.2 Å². The van der Waals surface area contributed by atoms with Crippen molar-refractivity contribution in [3.8, 4) is 23.0 Å². The highest BCUT2D eigenvalue weighted by Gasteiger charge is 2.27. The molecule has 4 rings (SSSR count). The van der Waals surface area contributed by atoms with Crippen molar-refractivity contribution in [3.05, 3.63) is 41.9 Å². The Morgan fingerprint density at radius 3 is 2.79 bits per heavy atom.